The van der Waals surface area contributed by atoms with Gasteiger partial charge in [0.15, 0.2) is 0 Å². The summed E-state index contributed by atoms with van der Waals surface area (Å²) in [4.78, 5) is 27.1. The number of halogens is 2. The van der Waals surface area contributed by atoms with E-state index in [4.69, 9.17) is 16.9 Å². The highest BCUT2D eigenvalue weighted by Gasteiger charge is 2.52. The third kappa shape index (κ3) is 4.28. The molecular formula is C23H28ClFN4O2. The molecule has 2 N–H and O–H groups in total. The Morgan fingerprint density at radius 1 is 1.26 bits per heavy atom. The molecule has 2 atom stereocenters. The highest BCUT2D eigenvalue weighted by molar-refractivity contribution is 6.30. The van der Waals surface area contributed by atoms with Gasteiger partial charge in [-0.2, -0.15) is 5.26 Å². The summed E-state index contributed by atoms with van der Waals surface area (Å²) in [5.41, 5.74) is 1.19. The first kappa shape index (κ1) is 22.0. The summed E-state index contributed by atoms with van der Waals surface area (Å²) >= 11 is 6.01. The molecule has 4 aliphatic rings. The lowest BCUT2D eigenvalue weighted by molar-refractivity contribution is -0.135. The van der Waals surface area contributed by atoms with E-state index in [2.05, 4.69) is 10.6 Å². The summed E-state index contributed by atoms with van der Waals surface area (Å²) in [6.07, 6.45) is 3.73. The first-order valence-corrected chi connectivity index (χ1v) is 11.3. The molecule has 2 amide bonds. The summed E-state index contributed by atoms with van der Waals surface area (Å²) in [6, 6.07) is 6.80. The zero-order valence-corrected chi connectivity index (χ0v) is 18.5. The number of nitriles is 1. The van der Waals surface area contributed by atoms with Crippen molar-refractivity contribution in [3.05, 3.63) is 28.8 Å². The maximum Gasteiger partial charge on any atom is 0.237 e. The van der Waals surface area contributed by atoms with E-state index >= 15 is 0 Å². The average molecular weight is 447 g/mol. The molecule has 3 saturated carbocycles. The van der Waals surface area contributed by atoms with Gasteiger partial charge in [-0.3, -0.25) is 9.59 Å². The van der Waals surface area contributed by atoms with Gasteiger partial charge in [0.2, 0.25) is 11.8 Å². The van der Waals surface area contributed by atoms with Gasteiger partial charge in [0.25, 0.3) is 0 Å². The molecule has 6 nitrogen and oxygen atoms in total. The minimum absolute atomic E-state index is 0.000856. The molecule has 0 radical (unpaired) electrons. The van der Waals surface area contributed by atoms with Crippen LogP contribution in [-0.4, -0.2) is 47.6 Å². The number of hydrogen-bond donors (Lipinski definition) is 2. The first-order valence-electron chi connectivity index (χ1n) is 10.9. The summed E-state index contributed by atoms with van der Waals surface area (Å²) in [5.74, 6) is -0.162. The van der Waals surface area contributed by atoms with Crippen LogP contribution < -0.4 is 10.6 Å². The Morgan fingerprint density at radius 3 is 2.55 bits per heavy atom. The maximum absolute atomic E-state index is 13.6. The van der Waals surface area contributed by atoms with Crippen molar-refractivity contribution in [2.45, 2.75) is 69.6 Å². The van der Waals surface area contributed by atoms with E-state index in [0.717, 1.165) is 49.8 Å². The topological polar surface area (TPSA) is 85.2 Å². The van der Waals surface area contributed by atoms with E-state index in [1.807, 2.05) is 25.1 Å². The monoisotopic (exact) mass is 446 g/mol. The molecule has 2 bridgehead atoms. The number of aryl methyl sites for hydroxylation is 1. The van der Waals surface area contributed by atoms with Crippen molar-refractivity contribution in [1.29, 1.82) is 5.26 Å². The fourth-order valence-electron chi connectivity index (χ4n) is 5.36. The smallest absolute Gasteiger partial charge is 0.237 e. The number of anilines is 1. The minimum Gasteiger partial charge on any atom is -0.325 e. The van der Waals surface area contributed by atoms with Crippen LogP contribution >= 0.6 is 11.6 Å². The number of nitrogens with one attached hydrogen (secondary N) is 2. The van der Waals surface area contributed by atoms with Crippen molar-refractivity contribution in [3.63, 3.8) is 0 Å². The lowest BCUT2D eigenvalue weighted by atomic mass is 9.57. The number of alkyl halides is 1. The fourth-order valence-corrected chi connectivity index (χ4v) is 5.59. The van der Waals surface area contributed by atoms with Crippen LogP contribution in [0, 0.1) is 23.7 Å². The van der Waals surface area contributed by atoms with Crippen LogP contribution in [0.4, 0.5) is 10.1 Å². The second kappa shape index (κ2) is 8.40. The Bertz CT molecular complexity index is 906. The van der Waals surface area contributed by atoms with Crippen LogP contribution in [0.15, 0.2) is 18.2 Å². The molecule has 1 saturated heterocycles. The summed E-state index contributed by atoms with van der Waals surface area (Å²) in [5, 5.41) is 16.3. The SMILES string of the molecule is Cc1cc(Cl)ccc1NC(=O)C12CCC(NCC(=O)N3C[C@@H](F)C[C@H]3C#N)(CC1)CC2. The quantitative estimate of drug-likeness (QED) is 0.721. The Balaban J connectivity index is 1.34. The number of benzene rings is 1. The lowest BCUT2D eigenvalue weighted by Crippen LogP contribution is -2.59. The molecule has 31 heavy (non-hydrogen) atoms. The van der Waals surface area contributed by atoms with Gasteiger partial charge < -0.3 is 15.5 Å². The molecule has 8 heteroatoms. The second-order valence-corrected chi connectivity index (χ2v) is 9.79. The molecule has 5 rings (SSSR count). The molecule has 1 aromatic rings. The van der Waals surface area contributed by atoms with Crippen LogP contribution in [0.25, 0.3) is 0 Å². The third-order valence-corrected chi connectivity index (χ3v) is 7.73. The fraction of sp³-hybridized carbons (Fsp3) is 0.609. The molecule has 4 fully saturated rings. The highest BCUT2D eigenvalue weighted by Crippen LogP contribution is 2.52. The van der Waals surface area contributed by atoms with Crippen LogP contribution in [0.2, 0.25) is 5.02 Å². The van der Waals surface area contributed by atoms with E-state index in [0.29, 0.717) is 5.02 Å². The molecule has 0 unspecified atom stereocenters. The van der Waals surface area contributed by atoms with E-state index in [1.54, 1.807) is 6.07 Å². The number of fused-ring (bicyclic) bond motifs is 3. The number of hydrogen-bond acceptors (Lipinski definition) is 4. The Kier molecular flexibility index (Phi) is 5.97. The van der Waals surface area contributed by atoms with Gasteiger partial charge >= 0.3 is 0 Å². The van der Waals surface area contributed by atoms with Gasteiger partial charge in [0.1, 0.15) is 12.2 Å². The van der Waals surface area contributed by atoms with Crippen molar-refractivity contribution in [3.8, 4) is 6.07 Å². The Hall–Kier alpha value is -2.17. The van der Waals surface area contributed by atoms with E-state index in [1.165, 1.54) is 4.90 Å². The Morgan fingerprint density at radius 2 is 1.94 bits per heavy atom. The summed E-state index contributed by atoms with van der Waals surface area (Å²) in [7, 11) is 0. The molecule has 1 aromatic carbocycles. The van der Waals surface area contributed by atoms with Gasteiger partial charge in [-0.25, -0.2) is 4.39 Å². The number of carbonyl (C=O) groups excluding carboxylic acids is 2. The average Bonchev–Trinajstić information content (AvgIpc) is 3.16. The molecule has 0 spiro atoms. The predicted octanol–water partition coefficient (Wildman–Crippen LogP) is 3.73. The highest BCUT2D eigenvalue weighted by atomic mass is 35.5. The second-order valence-electron chi connectivity index (χ2n) is 9.35. The van der Waals surface area contributed by atoms with Crippen LogP contribution in [0.3, 0.4) is 0 Å². The number of carbonyl (C=O) groups is 2. The Labute approximate surface area is 187 Å². The first-order chi connectivity index (χ1) is 14.8. The number of nitrogens with zero attached hydrogens (tertiary/aromatic N) is 2. The molecule has 3 aliphatic carbocycles. The summed E-state index contributed by atoms with van der Waals surface area (Å²) < 4.78 is 13.6. The molecule has 1 aliphatic heterocycles. The van der Waals surface area contributed by atoms with Gasteiger partial charge in [0, 0.05) is 28.1 Å². The molecule has 1 heterocycles. The molecule has 166 valence electrons. The largest absolute Gasteiger partial charge is 0.325 e. The van der Waals surface area contributed by atoms with Gasteiger partial charge in [-0.1, -0.05) is 11.6 Å². The summed E-state index contributed by atoms with van der Waals surface area (Å²) in [6.45, 7) is 2.03. The zero-order chi connectivity index (χ0) is 22.2. The van der Waals surface area contributed by atoms with Crippen molar-refractivity contribution in [2.75, 3.05) is 18.4 Å². The number of rotatable bonds is 5. The van der Waals surface area contributed by atoms with Gasteiger partial charge in [-0.05, 0) is 69.2 Å². The van der Waals surface area contributed by atoms with Crippen molar-refractivity contribution < 1.29 is 14.0 Å². The van der Waals surface area contributed by atoms with Crippen molar-refractivity contribution in [2.24, 2.45) is 5.41 Å². The van der Waals surface area contributed by atoms with E-state index in [9.17, 15) is 14.0 Å². The number of amides is 2. The van der Waals surface area contributed by atoms with Crippen molar-refractivity contribution in [1.82, 2.24) is 10.2 Å². The van der Waals surface area contributed by atoms with Crippen LogP contribution in [0.5, 0.6) is 0 Å². The van der Waals surface area contributed by atoms with E-state index < -0.39 is 12.2 Å². The minimum atomic E-state index is -1.13. The normalized spacial score (nSPS) is 32.0. The standard InChI is InChI=1S/C23H28ClFN4O2/c1-15-10-16(24)2-3-19(15)28-21(31)22-4-7-23(8-5-22,9-6-22)27-13-20(30)29-14-17(25)11-18(29)12-26/h2-3,10,17-18,27H,4-9,11,13-14H2,1H3,(H,28,31)/t17-,18-,22?,23?/m0/s1. The van der Waals surface area contributed by atoms with E-state index in [-0.39, 0.29) is 42.3 Å². The predicted molar refractivity (Wildman–Crippen MR) is 116 cm³/mol. The molecular weight excluding hydrogens is 419 g/mol. The van der Waals surface area contributed by atoms with Crippen LogP contribution in [0.1, 0.15) is 50.5 Å². The lowest BCUT2D eigenvalue weighted by Gasteiger charge is -2.53. The van der Waals surface area contributed by atoms with Crippen molar-refractivity contribution >= 4 is 29.1 Å². The van der Waals surface area contributed by atoms with Crippen LogP contribution in [-0.2, 0) is 9.59 Å². The van der Waals surface area contributed by atoms with Gasteiger partial charge in [-0.15, -0.1) is 0 Å². The molecule has 0 aromatic heterocycles. The zero-order valence-electron chi connectivity index (χ0n) is 17.7. The van der Waals surface area contributed by atoms with Gasteiger partial charge in [0.05, 0.1) is 19.2 Å². The maximum atomic E-state index is 13.6. The number of likely N-dealkylation sites (tertiary alicyclic amines) is 1. The third-order valence-electron chi connectivity index (χ3n) is 7.50.